The molecule has 0 bridgehead atoms. The third-order valence-electron chi connectivity index (χ3n) is 4.63. The third-order valence-corrected chi connectivity index (χ3v) is 4.63. The number of hydrogen-bond acceptors (Lipinski definition) is 0. The molecule has 0 aliphatic heterocycles. The summed E-state index contributed by atoms with van der Waals surface area (Å²) >= 11 is 0. The van der Waals surface area contributed by atoms with Crippen molar-refractivity contribution in [2.45, 2.75) is 13.8 Å². The lowest BCUT2D eigenvalue weighted by Gasteiger charge is -2.12. The van der Waals surface area contributed by atoms with E-state index >= 15 is 0 Å². The molecule has 0 aliphatic rings. The summed E-state index contributed by atoms with van der Waals surface area (Å²) in [6.07, 6.45) is 2.17. The van der Waals surface area contributed by atoms with Gasteiger partial charge in [0.2, 0.25) is 0 Å². The first-order chi connectivity index (χ1) is 10.8. The summed E-state index contributed by atoms with van der Waals surface area (Å²) in [6, 6.07) is 24.3. The largest absolute Gasteiger partial charge is 0.0841 e. The van der Waals surface area contributed by atoms with E-state index in [-0.39, 0.29) is 0 Å². The van der Waals surface area contributed by atoms with Crippen molar-refractivity contribution < 1.29 is 0 Å². The first kappa shape index (κ1) is 13.1. The minimum absolute atomic E-state index is 1.30. The van der Waals surface area contributed by atoms with Crippen LogP contribution in [0.25, 0.3) is 37.9 Å². The molecular weight excluding hydrogens is 264 g/mol. The molecule has 0 unspecified atom stereocenters. The van der Waals surface area contributed by atoms with E-state index in [1.54, 1.807) is 0 Å². The number of benzene rings is 4. The molecule has 106 valence electrons. The van der Waals surface area contributed by atoms with Gasteiger partial charge in [-0.3, -0.25) is 0 Å². The quantitative estimate of drug-likeness (QED) is 0.346. The molecule has 22 heavy (non-hydrogen) atoms. The minimum atomic E-state index is 1.30. The number of fused-ring (bicyclic) bond motifs is 6. The molecule has 4 aromatic carbocycles. The summed E-state index contributed by atoms with van der Waals surface area (Å²) in [7, 11) is 0. The Morgan fingerprint density at radius 3 is 1.59 bits per heavy atom. The number of rotatable bonds is 1. The van der Waals surface area contributed by atoms with Crippen LogP contribution < -0.4 is 0 Å². The lowest BCUT2D eigenvalue weighted by atomic mass is 9.92. The minimum Gasteiger partial charge on any atom is -0.0841 e. The Labute approximate surface area is 130 Å². The fourth-order valence-electron chi connectivity index (χ4n) is 3.32. The van der Waals surface area contributed by atoms with Crippen LogP contribution in [0, 0.1) is 0 Å². The molecule has 0 heteroatoms. The molecule has 4 aromatic rings. The molecule has 4 rings (SSSR count). The van der Waals surface area contributed by atoms with Crippen LogP contribution >= 0.6 is 0 Å². The van der Waals surface area contributed by atoms with Crippen molar-refractivity contribution in [1.29, 1.82) is 0 Å². The van der Waals surface area contributed by atoms with Gasteiger partial charge in [-0.05, 0) is 63.4 Å². The summed E-state index contributed by atoms with van der Waals surface area (Å²) < 4.78 is 0. The second-order valence-corrected chi connectivity index (χ2v) is 5.82. The second kappa shape index (κ2) is 4.99. The van der Waals surface area contributed by atoms with Gasteiger partial charge in [0, 0.05) is 0 Å². The Kier molecular flexibility index (Phi) is 2.97. The Hall–Kier alpha value is -2.60. The zero-order valence-corrected chi connectivity index (χ0v) is 12.9. The normalized spacial score (nSPS) is 12.4. The Balaban J connectivity index is 2.27. The number of hydrogen-bond donors (Lipinski definition) is 0. The van der Waals surface area contributed by atoms with Gasteiger partial charge in [0.1, 0.15) is 0 Å². The topological polar surface area (TPSA) is 0 Å². The van der Waals surface area contributed by atoms with E-state index in [2.05, 4.69) is 86.7 Å². The summed E-state index contributed by atoms with van der Waals surface area (Å²) in [6.45, 7) is 4.27. The van der Waals surface area contributed by atoms with Crippen LogP contribution in [0.3, 0.4) is 0 Å². The van der Waals surface area contributed by atoms with E-state index in [0.717, 1.165) is 0 Å². The van der Waals surface area contributed by atoms with E-state index in [1.165, 1.54) is 43.5 Å². The fraction of sp³-hybridized carbons (Fsp3) is 0.0909. The molecule has 0 aliphatic carbocycles. The van der Waals surface area contributed by atoms with Crippen LogP contribution in [0.5, 0.6) is 0 Å². The molecule has 0 N–H and O–H groups in total. The van der Waals surface area contributed by atoms with Gasteiger partial charge in [-0.2, -0.15) is 0 Å². The van der Waals surface area contributed by atoms with E-state index in [0.29, 0.717) is 0 Å². The maximum Gasteiger partial charge on any atom is -0.00929 e. The SMILES string of the molecule is CC=C(C)c1ccc2c3ccccc3c3ccccc3c2c1. The van der Waals surface area contributed by atoms with Crippen molar-refractivity contribution in [2.75, 3.05) is 0 Å². The molecule has 0 aromatic heterocycles. The molecule has 0 atom stereocenters. The summed E-state index contributed by atoms with van der Waals surface area (Å²) in [5.74, 6) is 0. The van der Waals surface area contributed by atoms with Crippen molar-refractivity contribution in [1.82, 2.24) is 0 Å². The van der Waals surface area contributed by atoms with E-state index in [1.807, 2.05) is 0 Å². The molecule has 0 radical (unpaired) electrons. The standard InChI is InChI=1S/C22H18/c1-3-15(2)16-12-13-21-19-10-5-4-8-17(19)18-9-6-7-11-20(18)22(21)14-16/h3-14H,1-2H3. The highest BCUT2D eigenvalue weighted by molar-refractivity contribution is 6.25. The molecule has 0 spiro atoms. The molecule has 0 fully saturated rings. The lowest BCUT2D eigenvalue weighted by Crippen LogP contribution is -1.85. The first-order valence-electron chi connectivity index (χ1n) is 7.76. The van der Waals surface area contributed by atoms with Crippen LogP contribution in [0.2, 0.25) is 0 Å². The van der Waals surface area contributed by atoms with E-state index in [9.17, 15) is 0 Å². The Morgan fingerprint density at radius 2 is 1.09 bits per heavy atom. The van der Waals surface area contributed by atoms with Crippen molar-refractivity contribution in [3.05, 3.63) is 78.4 Å². The highest BCUT2D eigenvalue weighted by Crippen LogP contribution is 2.36. The predicted molar refractivity (Wildman–Crippen MR) is 98.3 cm³/mol. The van der Waals surface area contributed by atoms with Crippen LogP contribution in [-0.2, 0) is 0 Å². The van der Waals surface area contributed by atoms with Crippen molar-refractivity contribution >= 4 is 37.9 Å². The van der Waals surface area contributed by atoms with Gasteiger partial charge in [-0.15, -0.1) is 0 Å². The average molecular weight is 282 g/mol. The Morgan fingerprint density at radius 1 is 0.636 bits per heavy atom. The van der Waals surface area contributed by atoms with Crippen LogP contribution in [0.15, 0.2) is 72.8 Å². The van der Waals surface area contributed by atoms with Gasteiger partial charge >= 0.3 is 0 Å². The molecule has 0 nitrogen and oxygen atoms in total. The predicted octanol–water partition coefficient (Wildman–Crippen LogP) is 6.57. The maximum atomic E-state index is 2.33. The summed E-state index contributed by atoms with van der Waals surface area (Å²) in [5.41, 5.74) is 2.62. The smallest absolute Gasteiger partial charge is 0.00929 e. The van der Waals surface area contributed by atoms with Gasteiger partial charge in [0.15, 0.2) is 0 Å². The zero-order chi connectivity index (χ0) is 15.1. The van der Waals surface area contributed by atoms with Gasteiger partial charge < -0.3 is 0 Å². The van der Waals surface area contributed by atoms with Gasteiger partial charge in [0.05, 0.1) is 0 Å². The highest BCUT2D eigenvalue weighted by atomic mass is 14.1. The van der Waals surface area contributed by atoms with Gasteiger partial charge in [-0.1, -0.05) is 66.7 Å². The van der Waals surface area contributed by atoms with E-state index in [4.69, 9.17) is 0 Å². The first-order valence-corrected chi connectivity index (χ1v) is 7.76. The average Bonchev–Trinajstić information content (AvgIpc) is 2.61. The van der Waals surface area contributed by atoms with Crippen LogP contribution in [-0.4, -0.2) is 0 Å². The van der Waals surface area contributed by atoms with Crippen molar-refractivity contribution in [2.24, 2.45) is 0 Å². The van der Waals surface area contributed by atoms with Gasteiger partial charge in [0.25, 0.3) is 0 Å². The van der Waals surface area contributed by atoms with Crippen LogP contribution in [0.4, 0.5) is 0 Å². The highest BCUT2D eigenvalue weighted by Gasteiger charge is 2.08. The molecule has 0 heterocycles. The molecule has 0 saturated heterocycles. The zero-order valence-electron chi connectivity index (χ0n) is 12.9. The second-order valence-electron chi connectivity index (χ2n) is 5.82. The van der Waals surface area contributed by atoms with Gasteiger partial charge in [-0.25, -0.2) is 0 Å². The molecule has 0 amide bonds. The summed E-state index contributed by atoms with van der Waals surface area (Å²) in [5, 5.41) is 8.01. The van der Waals surface area contributed by atoms with E-state index < -0.39 is 0 Å². The number of allylic oxidation sites excluding steroid dienone is 2. The van der Waals surface area contributed by atoms with Crippen LogP contribution in [0.1, 0.15) is 19.4 Å². The fourth-order valence-corrected chi connectivity index (χ4v) is 3.32. The Bertz CT molecular complexity index is 1000. The molecule has 0 saturated carbocycles. The lowest BCUT2D eigenvalue weighted by molar-refractivity contribution is 1.57. The summed E-state index contributed by atoms with van der Waals surface area (Å²) in [4.78, 5) is 0. The van der Waals surface area contributed by atoms with Crippen molar-refractivity contribution in [3.63, 3.8) is 0 Å². The maximum absolute atomic E-state index is 2.33. The van der Waals surface area contributed by atoms with Crippen molar-refractivity contribution in [3.8, 4) is 0 Å². The monoisotopic (exact) mass is 282 g/mol. The third kappa shape index (κ3) is 1.84. The molecular formula is C22H18.